The van der Waals surface area contributed by atoms with Gasteiger partial charge in [0.15, 0.2) is 11.5 Å². The molecule has 1 N–H and O–H groups in total. The molecule has 0 aromatic heterocycles. The third-order valence-electron chi connectivity index (χ3n) is 4.48. The van der Waals surface area contributed by atoms with Crippen LogP contribution in [0.1, 0.15) is 12.0 Å². The van der Waals surface area contributed by atoms with Crippen molar-refractivity contribution in [2.45, 2.75) is 18.9 Å². The predicted octanol–water partition coefficient (Wildman–Crippen LogP) is 2.82. The predicted molar refractivity (Wildman–Crippen MR) is 104 cm³/mol. The van der Waals surface area contributed by atoms with Crippen LogP contribution in [0.15, 0.2) is 42.5 Å². The Hall–Kier alpha value is -2.57. The van der Waals surface area contributed by atoms with Crippen LogP contribution >= 0.6 is 11.6 Å². The Balaban J connectivity index is 1.60. The number of ether oxygens (including phenoxy) is 2. The van der Waals surface area contributed by atoms with Gasteiger partial charge in [-0.2, -0.15) is 0 Å². The van der Waals surface area contributed by atoms with Gasteiger partial charge in [0.05, 0.1) is 32.4 Å². The van der Waals surface area contributed by atoms with Crippen molar-refractivity contribution in [3.8, 4) is 11.5 Å². The molecular weight excluding hydrogens is 368 g/mol. The van der Waals surface area contributed by atoms with Crippen molar-refractivity contribution in [2.75, 3.05) is 25.7 Å². The van der Waals surface area contributed by atoms with E-state index in [4.69, 9.17) is 21.1 Å². The summed E-state index contributed by atoms with van der Waals surface area (Å²) in [5, 5.41) is 3.74. The zero-order chi connectivity index (χ0) is 19.4. The van der Waals surface area contributed by atoms with Crippen molar-refractivity contribution in [3.05, 3.63) is 53.1 Å². The molecule has 1 aliphatic rings. The number of rotatable bonds is 7. The Bertz CT molecular complexity index is 838. The number of carbonyl (C=O) groups excluding carboxylic acids is 2. The number of hydrogen-bond donors (Lipinski definition) is 1. The van der Waals surface area contributed by atoms with Crippen LogP contribution in [0.4, 0.5) is 5.69 Å². The molecule has 1 heterocycles. The van der Waals surface area contributed by atoms with Crippen LogP contribution in [0.25, 0.3) is 0 Å². The lowest BCUT2D eigenvalue weighted by atomic mass is 10.1. The fraction of sp³-hybridized carbons (Fsp3) is 0.300. The minimum atomic E-state index is -0.520. The first-order chi connectivity index (χ1) is 13.0. The summed E-state index contributed by atoms with van der Waals surface area (Å²) in [4.78, 5) is 26.1. The second kappa shape index (κ2) is 8.41. The number of benzene rings is 2. The molecule has 0 unspecified atom stereocenters. The molecule has 0 bridgehead atoms. The van der Waals surface area contributed by atoms with Crippen molar-refractivity contribution < 1.29 is 19.1 Å². The molecule has 1 fully saturated rings. The highest BCUT2D eigenvalue weighted by Crippen LogP contribution is 2.28. The molecule has 1 aliphatic heterocycles. The van der Waals surface area contributed by atoms with E-state index in [1.165, 1.54) is 4.90 Å². The van der Waals surface area contributed by atoms with Crippen LogP contribution in [0.2, 0.25) is 5.02 Å². The van der Waals surface area contributed by atoms with Crippen molar-refractivity contribution in [1.29, 1.82) is 0 Å². The minimum Gasteiger partial charge on any atom is -0.493 e. The Morgan fingerprint density at radius 2 is 1.78 bits per heavy atom. The first kappa shape index (κ1) is 19.2. The van der Waals surface area contributed by atoms with Crippen molar-refractivity contribution in [1.82, 2.24) is 5.32 Å². The van der Waals surface area contributed by atoms with Gasteiger partial charge in [-0.15, -0.1) is 0 Å². The number of nitrogens with one attached hydrogen (secondary N) is 1. The fourth-order valence-corrected chi connectivity index (χ4v) is 3.21. The van der Waals surface area contributed by atoms with Gasteiger partial charge in [0.1, 0.15) is 0 Å². The Kier molecular flexibility index (Phi) is 5.98. The number of hydrogen-bond acceptors (Lipinski definition) is 5. The third-order valence-corrected chi connectivity index (χ3v) is 4.74. The number of anilines is 1. The Morgan fingerprint density at radius 3 is 2.44 bits per heavy atom. The molecule has 0 radical (unpaired) electrons. The summed E-state index contributed by atoms with van der Waals surface area (Å²) in [5.41, 5.74) is 1.59. The average Bonchev–Trinajstić information content (AvgIpc) is 2.96. The van der Waals surface area contributed by atoms with E-state index in [-0.39, 0.29) is 18.2 Å². The number of nitrogens with zero attached hydrogens (tertiary/aromatic N) is 1. The van der Waals surface area contributed by atoms with Crippen LogP contribution in [0, 0.1) is 0 Å². The van der Waals surface area contributed by atoms with E-state index in [9.17, 15) is 9.59 Å². The molecule has 7 heteroatoms. The van der Waals surface area contributed by atoms with Gasteiger partial charge < -0.3 is 14.8 Å². The Morgan fingerprint density at radius 1 is 1.07 bits per heavy atom. The van der Waals surface area contributed by atoms with Crippen molar-refractivity contribution in [2.24, 2.45) is 0 Å². The van der Waals surface area contributed by atoms with Crippen LogP contribution in [0.3, 0.4) is 0 Å². The van der Waals surface area contributed by atoms with Gasteiger partial charge in [0.25, 0.3) is 5.91 Å². The molecular formula is C20H21ClN2O4. The van der Waals surface area contributed by atoms with Crippen LogP contribution in [-0.4, -0.2) is 38.6 Å². The van der Waals surface area contributed by atoms with Gasteiger partial charge in [-0.1, -0.05) is 17.7 Å². The largest absolute Gasteiger partial charge is 0.493 e. The topological polar surface area (TPSA) is 67.9 Å². The number of amides is 2. The molecule has 2 amide bonds. The van der Waals surface area contributed by atoms with Crippen LogP contribution in [-0.2, 0) is 16.0 Å². The maximum absolute atomic E-state index is 12.6. The van der Waals surface area contributed by atoms with Gasteiger partial charge in [0, 0.05) is 5.02 Å². The van der Waals surface area contributed by atoms with Gasteiger partial charge >= 0.3 is 0 Å². The lowest BCUT2D eigenvalue weighted by molar-refractivity contribution is -0.121. The van der Waals surface area contributed by atoms with Crippen LogP contribution in [0.5, 0.6) is 11.5 Å². The summed E-state index contributed by atoms with van der Waals surface area (Å²) in [6, 6.07) is 11.8. The maximum Gasteiger partial charge on any atom is 0.251 e. The lowest BCUT2D eigenvalue weighted by Gasteiger charge is -2.16. The lowest BCUT2D eigenvalue weighted by Crippen LogP contribution is -2.39. The summed E-state index contributed by atoms with van der Waals surface area (Å²) < 4.78 is 10.5. The first-order valence-electron chi connectivity index (χ1n) is 8.60. The smallest absolute Gasteiger partial charge is 0.251 e. The van der Waals surface area contributed by atoms with Gasteiger partial charge in [-0.05, 0) is 54.9 Å². The van der Waals surface area contributed by atoms with Gasteiger partial charge in [0.2, 0.25) is 5.91 Å². The van der Waals surface area contributed by atoms with E-state index < -0.39 is 6.04 Å². The molecule has 1 saturated heterocycles. The van der Waals surface area contributed by atoms with E-state index in [0.717, 1.165) is 5.56 Å². The summed E-state index contributed by atoms with van der Waals surface area (Å²) in [6.07, 6.45) is 0.840. The van der Waals surface area contributed by atoms with E-state index >= 15 is 0 Å². The van der Waals surface area contributed by atoms with Crippen LogP contribution < -0.4 is 19.7 Å². The van der Waals surface area contributed by atoms with E-state index in [0.29, 0.717) is 35.2 Å². The second-order valence-electron chi connectivity index (χ2n) is 6.19. The second-order valence-corrected chi connectivity index (χ2v) is 6.63. The summed E-state index contributed by atoms with van der Waals surface area (Å²) in [7, 11) is 3.18. The highest BCUT2D eigenvalue weighted by molar-refractivity contribution is 6.30. The van der Waals surface area contributed by atoms with Crippen molar-refractivity contribution >= 4 is 29.1 Å². The van der Waals surface area contributed by atoms with E-state index in [1.807, 2.05) is 18.2 Å². The maximum atomic E-state index is 12.6. The molecule has 6 nitrogen and oxygen atoms in total. The third kappa shape index (κ3) is 4.23. The summed E-state index contributed by atoms with van der Waals surface area (Å²) in [5.74, 6) is 0.876. The molecule has 2 aromatic rings. The average molecular weight is 389 g/mol. The molecule has 0 spiro atoms. The quantitative estimate of drug-likeness (QED) is 0.739. The highest BCUT2D eigenvalue weighted by atomic mass is 35.5. The molecule has 2 aromatic carbocycles. The molecule has 3 rings (SSSR count). The van der Waals surface area contributed by atoms with Gasteiger partial charge in [-0.3, -0.25) is 9.59 Å². The standard InChI is InChI=1S/C20H21ClN2O4/c1-26-17-8-3-13(11-18(17)27-2)9-10-22-16-12-19(24)23(20(16)25)15-6-4-14(21)5-7-15/h3-8,11,16,22H,9-10,12H2,1-2H3/t16-/m1/s1. The van der Waals surface area contributed by atoms with Gasteiger partial charge in [-0.25, -0.2) is 4.90 Å². The molecule has 1 atom stereocenters. The van der Waals surface area contributed by atoms with E-state index in [1.54, 1.807) is 38.5 Å². The van der Waals surface area contributed by atoms with Crippen molar-refractivity contribution in [3.63, 3.8) is 0 Å². The molecule has 27 heavy (non-hydrogen) atoms. The number of carbonyl (C=O) groups is 2. The zero-order valence-electron chi connectivity index (χ0n) is 15.2. The van der Waals surface area contributed by atoms with E-state index in [2.05, 4.69) is 5.32 Å². The summed E-state index contributed by atoms with van der Waals surface area (Å²) in [6.45, 7) is 0.563. The number of methoxy groups -OCH3 is 2. The number of halogens is 1. The molecule has 142 valence electrons. The molecule has 0 aliphatic carbocycles. The normalized spacial score (nSPS) is 16.7. The zero-order valence-corrected chi connectivity index (χ0v) is 16.0. The SMILES string of the molecule is COc1ccc(CCN[C@@H]2CC(=O)N(c3ccc(Cl)cc3)C2=O)cc1OC. The first-order valence-corrected chi connectivity index (χ1v) is 8.98. The summed E-state index contributed by atoms with van der Waals surface area (Å²) >= 11 is 5.87. The number of imide groups is 1. The monoisotopic (exact) mass is 388 g/mol. The fourth-order valence-electron chi connectivity index (χ4n) is 3.08. The minimum absolute atomic E-state index is 0.146. The molecule has 0 saturated carbocycles. The highest BCUT2D eigenvalue weighted by Gasteiger charge is 2.39. The Labute approximate surface area is 163 Å².